The summed E-state index contributed by atoms with van der Waals surface area (Å²) in [6.07, 6.45) is 2.17. The van der Waals surface area contributed by atoms with E-state index in [9.17, 15) is 9.18 Å². The molecule has 0 bridgehead atoms. The van der Waals surface area contributed by atoms with Crippen molar-refractivity contribution in [3.05, 3.63) is 35.6 Å². The molecule has 2 N–H and O–H groups in total. The van der Waals surface area contributed by atoms with Crippen LogP contribution in [0, 0.1) is 17.7 Å². The lowest BCUT2D eigenvalue weighted by Crippen LogP contribution is -2.47. The van der Waals surface area contributed by atoms with Gasteiger partial charge in [0.05, 0.1) is 13.2 Å². The van der Waals surface area contributed by atoms with E-state index in [1.807, 2.05) is 11.0 Å². The number of nitrogens with two attached hydrogens (primary N) is 1. The Balaban J connectivity index is 1.58. The van der Waals surface area contributed by atoms with E-state index < -0.39 is 6.04 Å². The van der Waals surface area contributed by atoms with Crippen LogP contribution in [0.15, 0.2) is 24.3 Å². The minimum absolute atomic E-state index is 0.0779. The second kappa shape index (κ2) is 7.02. The summed E-state index contributed by atoms with van der Waals surface area (Å²) in [5.74, 6) is 0.719. The fourth-order valence-electron chi connectivity index (χ4n) is 4.68. The van der Waals surface area contributed by atoms with E-state index in [1.165, 1.54) is 12.1 Å². The molecular weight excluding hydrogens is 321 g/mol. The first-order chi connectivity index (χ1) is 12.1. The zero-order valence-electron chi connectivity index (χ0n) is 14.4. The molecule has 2 aliphatic heterocycles. The first kappa shape index (κ1) is 16.9. The molecule has 1 amide bonds. The van der Waals surface area contributed by atoms with E-state index >= 15 is 0 Å². The molecule has 25 heavy (non-hydrogen) atoms. The highest BCUT2D eigenvalue weighted by molar-refractivity contribution is 5.83. The van der Waals surface area contributed by atoms with Gasteiger partial charge >= 0.3 is 0 Å². The van der Waals surface area contributed by atoms with Crippen molar-refractivity contribution in [2.75, 3.05) is 39.4 Å². The standard InChI is InChI=1S/C19H26FN3O2/c20-15-3-1-2-13(10-15)18(22-6-8-25-9-7-22)19(24)23-11-14-4-5-17(21)16(14)12-23/h1-3,10,14,16-18H,4-9,11-12,21H2. The number of morpholine rings is 1. The van der Waals surface area contributed by atoms with Gasteiger partial charge in [-0.3, -0.25) is 9.69 Å². The smallest absolute Gasteiger partial charge is 0.244 e. The van der Waals surface area contributed by atoms with Crippen molar-refractivity contribution < 1.29 is 13.9 Å². The number of carbonyl (C=O) groups is 1. The van der Waals surface area contributed by atoms with E-state index in [1.54, 1.807) is 6.07 Å². The Morgan fingerprint density at radius 1 is 1.24 bits per heavy atom. The van der Waals surface area contributed by atoms with Crippen molar-refractivity contribution in [1.82, 2.24) is 9.80 Å². The van der Waals surface area contributed by atoms with Crippen LogP contribution in [0.5, 0.6) is 0 Å². The maximum absolute atomic E-state index is 13.8. The Hall–Kier alpha value is -1.50. The van der Waals surface area contributed by atoms with Crippen LogP contribution < -0.4 is 5.73 Å². The summed E-state index contributed by atoms with van der Waals surface area (Å²) in [5, 5.41) is 0. The summed E-state index contributed by atoms with van der Waals surface area (Å²) < 4.78 is 19.2. The summed E-state index contributed by atoms with van der Waals surface area (Å²) >= 11 is 0. The van der Waals surface area contributed by atoms with Crippen molar-refractivity contribution in [2.24, 2.45) is 17.6 Å². The largest absolute Gasteiger partial charge is 0.379 e. The molecule has 4 atom stereocenters. The predicted molar refractivity (Wildman–Crippen MR) is 92.3 cm³/mol. The van der Waals surface area contributed by atoms with E-state index in [-0.39, 0.29) is 17.8 Å². The Kier molecular flexibility index (Phi) is 4.75. The number of rotatable bonds is 3. The Labute approximate surface area is 147 Å². The zero-order valence-corrected chi connectivity index (χ0v) is 14.4. The number of fused-ring (bicyclic) bond motifs is 1. The van der Waals surface area contributed by atoms with Crippen LogP contribution in [0.2, 0.25) is 0 Å². The molecule has 1 aliphatic carbocycles. The number of nitrogens with zero attached hydrogens (tertiary/aromatic N) is 2. The van der Waals surface area contributed by atoms with Gasteiger partial charge in [-0.15, -0.1) is 0 Å². The highest BCUT2D eigenvalue weighted by Crippen LogP contribution is 2.38. The van der Waals surface area contributed by atoms with Crippen LogP contribution in [0.1, 0.15) is 24.4 Å². The number of carbonyl (C=O) groups excluding carboxylic acids is 1. The van der Waals surface area contributed by atoms with E-state index in [4.69, 9.17) is 10.5 Å². The Morgan fingerprint density at radius 3 is 2.76 bits per heavy atom. The van der Waals surface area contributed by atoms with Gasteiger partial charge in [0.1, 0.15) is 11.9 Å². The molecule has 2 saturated heterocycles. The topological polar surface area (TPSA) is 58.8 Å². The number of ether oxygens (including phenoxy) is 1. The van der Waals surface area contributed by atoms with Crippen LogP contribution in [0.4, 0.5) is 4.39 Å². The van der Waals surface area contributed by atoms with Gasteiger partial charge in [0.2, 0.25) is 5.91 Å². The molecule has 4 rings (SSSR count). The Bertz CT molecular complexity index is 635. The maximum atomic E-state index is 13.8. The fourth-order valence-corrected chi connectivity index (χ4v) is 4.68. The minimum Gasteiger partial charge on any atom is -0.379 e. The normalized spacial score (nSPS) is 31.1. The van der Waals surface area contributed by atoms with Gasteiger partial charge in [-0.05, 0) is 42.4 Å². The molecule has 3 fully saturated rings. The van der Waals surface area contributed by atoms with Crippen LogP contribution >= 0.6 is 0 Å². The predicted octanol–water partition coefficient (Wildman–Crippen LogP) is 1.39. The quantitative estimate of drug-likeness (QED) is 0.898. The number of hydrogen-bond acceptors (Lipinski definition) is 4. The number of likely N-dealkylation sites (tertiary alicyclic amines) is 1. The van der Waals surface area contributed by atoms with Crippen LogP contribution in [0.3, 0.4) is 0 Å². The molecule has 1 aromatic rings. The summed E-state index contributed by atoms with van der Waals surface area (Å²) in [4.78, 5) is 17.5. The van der Waals surface area contributed by atoms with Gasteiger partial charge in [-0.25, -0.2) is 4.39 Å². The highest BCUT2D eigenvalue weighted by Gasteiger charge is 2.44. The first-order valence-corrected chi connectivity index (χ1v) is 9.25. The van der Waals surface area contributed by atoms with E-state index in [0.29, 0.717) is 38.1 Å². The van der Waals surface area contributed by atoms with Crippen molar-refractivity contribution in [3.8, 4) is 0 Å². The van der Waals surface area contributed by atoms with Crippen LogP contribution in [0.25, 0.3) is 0 Å². The van der Waals surface area contributed by atoms with Crippen LogP contribution in [-0.4, -0.2) is 61.1 Å². The third kappa shape index (κ3) is 3.30. The molecule has 0 radical (unpaired) electrons. The third-order valence-corrected chi connectivity index (χ3v) is 6.03. The number of hydrogen-bond donors (Lipinski definition) is 1. The van der Waals surface area contributed by atoms with Crippen LogP contribution in [-0.2, 0) is 9.53 Å². The lowest BCUT2D eigenvalue weighted by Gasteiger charge is -2.36. The van der Waals surface area contributed by atoms with Crippen molar-refractivity contribution in [3.63, 3.8) is 0 Å². The molecule has 0 spiro atoms. The maximum Gasteiger partial charge on any atom is 0.244 e. The molecule has 1 aromatic carbocycles. The van der Waals surface area contributed by atoms with Gasteiger partial charge in [-0.1, -0.05) is 12.1 Å². The van der Waals surface area contributed by atoms with Crippen molar-refractivity contribution >= 4 is 5.91 Å². The van der Waals surface area contributed by atoms with E-state index in [2.05, 4.69) is 4.90 Å². The third-order valence-electron chi connectivity index (χ3n) is 6.03. The number of benzene rings is 1. The molecule has 5 nitrogen and oxygen atoms in total. The number of amides is 1. The fraction of sp³-hybridized carbons (Fsp3) is 0.632. The number of halogens is 1. The lowest BCUT2D eigenvalue weighted by atomic mass is 9.98. The zero-order chi connectivity index (χ0) is 17.4. The molecule has 0 aromatic heterocycles. The first-order valence-electron chi connectivity index (χ1n) is 9.25. The van der Waals surface area contributed by atoms with Gasteiger partial charge in [-0.2, -0.15) is 0 Å². The average molecular weight is 347 g/mol. The van der Waals surface area contributed by atoms with E-state index in [0.717, 1.165) is 31.5 Å². The summed E-state index contributed by atoms with van der Waals surface area (Å²) in [6.45, 7) is 4.11. The van der Waals surface area contributed by atoms with Crippen molar-refractivity contribution in [1.29, 1.82) is 0 Å². The van der Waals surface area contributed by atoms with Gasteiger partial charge in [0, 0.05) is 32.2 Å². The average Bonchev–Trinajstić information content (AvgIpc) is 3.19. The molecule has 6 heteroatoms. The minimum atomic E-state index is -0.436. The molecule has 136 valence electrons. The summed E-state index contributed by atoms with van der Waals surface area (Å²) in [7, 11) is 0. The van der Waals surface area contributed by atoms with Gasteiger partial charge < -0.3 is 15.4 Å². The summed E-state index contributed by atoms with van der Waals surface area (Å²) in [5.41, 5.74) is 6.95. The second-order valence-electron chi connectivity index (χ2n) is 7.51. The van der Waals surface area contributed by atoms with Gasteiger partial charge in [0.25, 0.3) is 0 Å². The summed E-state index contributed by atoms with van der Waals surface area (Å²) in [6, 6.07) is 6.21. The molecule has 3 aliphatic rings. The second-order valence-corrected chi connectivity index (χ2v) is 7.51. The Morgan fingerprint density at radius 2 is 2.04 bits per heavy atom. The highest BCUT2D eigenvalue weighted by atomic mass is 19.1. The monoisotopic (exact) mass is 347 g/mol. The van der Waals surface area contributed by atoms with Gasteiger partial charge in [0.15, 0.2) is 0 Å². The molecular formula is C19H26FN3O2. The molecule has 2 heterocycles. The lowest BCUT2D eigenvalue weighted by molar-refractivity contribution is -0.138. The van der Waals surface area contributed by atoms with Crippen molar-refractivity contribution in [2.45, 2.75) is 24.9 Å². The molecule has 1 saturated carbocycles. The molecule has 4 unspecified atom stereocenters. The SMILES string of the molecule is NC1CCC2CN(C(=O)C(c3cccc(F)c3)N3CCOCC3)CC12.